The molecule has 98 valence electrons. The number of nitrogens with one attached hydrogen (secondary N) is 1. The molecule has 3 nitrogen and oxygen atoms in total. The topological polar surface area (TPSA) is 49.3 Å². The predicted molar refractivity (Wildman–Crippen MR) is 76.3 cm³/mol. The molecule has 0 aliphatic rings. The third kappa shape index (κ3) is 4.94. The summed E-state index contributed by atoms with van der Waals surface area (Å²) in [5.41, 5.74) is 2.06. The molecule has 0 aliphatic carbocycles. The van der Waals surface area contributed by atoms with Gasteiger partial charge in [-0.3, -0.25) is 4.79 Å². The van der Waals surface area contributed by atoms with Crippen molar-refractivity contribution in [1.29, 1.82) is 0 Å². The molecule has 1 rings (SSSR count). The highest BCUT2D eigenvalue weighted by Crippen LogP contribution is 2.18. The highest BCUT2D eigenvalue weighted by atomic mass is 32.2. The van der Waals surface area contributed by atoms with Gasteiger partial charge in [0.1, 0.15) is 0 Å². The quantitative estimate of drug-likeness (QED) is 0.742. The van der Waals surface area contributed by atoms with Crippen molar-refractivity contribution >= 4 is 17.7 Å². The summed E-state index contributed by atoms with van der Waals surface area (Å²) in [5.74, 6) is 0.820. The molecule has 0 saturated heterocycles. The Bertz CT molecular complexity index is 389. The number of aliphatic hydroxyl groups excluding tert-OH is 1. The van der Waals surface area contributed by atoms with Crippen LogP contribution >= 0.6 is 11.8 Å². The van der Waals surface area contributed by atoms with Gasteiger partial charge in [0.2, 0.25) is 5.91 Å². The Labute approximate surface area is 112 Å². The summed E-state index contributed by atoms with van der Waals surface area (Å²) in [4.78, 5) is 11.6. The lowest BCUT2D eigenvalue weighted by Gasteiger charge is -2.11. The number of thioether (sulfide) groups is 1. The first-order valence-corrected chi connectivity index (χ1v) is 6.91. The summed E-state index contributed by atoms with van der Waals surface area (Å²) in [6.45, 7) is 6.03. The van der Waals surface area contributed by atoms with Gasteiger partial charge in [0.25, 0.3) is 0 Å². The molecule has 0 spiro atoms. The van der Waals surface area contributed by atoms with Gasteiger partial charge in [-0.2, -0.15) is 0 Å². The fraction of sp³-hybridized carbons (Fsp3) is 0.357. The largest absolute Gasteiger partial charge is 0.392 e. The van der Waals surface area contributed by atoms with Crippen molar-refractivity contribution in [1.82, 2.24) is 5.32 Å². The summed E-state index contributed by atoms with van der Waals surface area (Å²) >= 11 is 1.59. The Morgan fingerprint density at radius 2 is 2.06 bits per heavy atom. The van der Waals surface area contributed by atoms with Crippen molar-refractivity contribution in [2.45, 2.75) is 24.5 Å². The van der Waals surface area contributed by atoms with Crippen LogP contribution < -0.4 is 5.32 Å². The highest BCUT2D eigenvalue weighted by molar-refractivity contribution is 7.99. The van der Waals surface area contributed by atoms with E-state index in [1.54, 1.807) is 17.8 Å². The number of hydrogen-bond acceptors (Lipinski definition) is 3. The molecule has 1 unspecified atom stereocenters. The van der Waals surface area contributed by atoms with Crippen LogP contribution in [0.15, 0.2) is 36.9 Å². The molecule has 1 aromatic carbocycles. The maximum Gasteiger partial charge on any atom is 0.233 e. The molecular formula is C14H19NO2S. The van der Waals surface area contributed by atoms with Crippen LogP contribution in [0.4, 0.5) is 0 Å². The number of benzene rings is 1. The number of carbonyl (C=O) groups excluding carboxylic acids is 1. The first-order valence-electron chi connectivity index (χ1n) is 5.86. The minimum Gasteiger partial charge on any atom is -0.392 e. The van der Waals surface area contributed by atoms with E-state index in [1.165, 1.54) is 0 Å². The number of hydrogen-bond donors (Lipinski definition) is 2. The standard InChI is InChI=1S/C14H19NO2S/c1-3-8-15-14(17)11(2)18-10-13-6-4-12(9-16)5-7-13/h3-7,11,16H,1,8-10H2,2H3,(H,15,17). The molecule has 0 saturated carbocycles. The molecule has 0 fully saturated rings. The van der Waals surface area contributed by atoms with E-state index in [9.17, 15) is 4.79 Å². The van der Waals surface area contributed by atoms with E-state index in [0.717, 1.165) is 16.9 Å². The Morgan fingerprint density at radius 1 is 1.44 bits per heavy atom. The third-order valence-corrected chi connectivity index (χ3v) is 3.71. The van der Waals surface area contributed by atoms with Gasteiger partial charge in [0.15, 0.2) is 0 Å². The first-order chi connectivity index (χ1) is 8.67. The zero-order valence-electron chi connectivity index (χ0n) is 10.6. The highest BCUT2D eigenvalue weighted by Gasteiger charge is 2.12. The lowest BCUT2D eigenvalue weighted by molar-refractivity contribution is -0.120. The second-order valence-corrected chi connectivity index (χ2v) is 5.29. The molecule has 1 atom stereocenters. The average Bonchev–Trinajstić information content (AvgIpc) is 2.42. The van der Waals surface area contributed by atoms with Crippen molar-refractivity contribution < 1.29 is 9.90 Å². The van der Waals surface area contributed by atoms with Crippen LogP contribution in [0, 0.1) is 0 Å². The SMILES string of the molecule is C=CCNC(=O)C(C)SCc1ccc(CO)cc1. The maximum atomic E-state index is 11.6. The van der Waals surface area contributed by atoms with Crippen LogP contribution in [-0.4, -0.2) is 22.8 Å². The number of carbonyl (C=O) groups is 1. The van der Waals surface area contributed by atoms with E-state index in [0.29, 0.717) is 6.54 Å². The molecule has 0 bridgehead atoms. The molecule has 2 N–H and O–H groups in total. The zero-order valence-corrected chi connectivity index (χ0v) is 11.4. The molecule has 4 heteroatoms. The Hall–Kier alpha value is -1.26. The van der Waals surface area contributed by atoms with Gasteiger partial charge in [-0.05, 0) is 18.1 Å². The van der Waals surface area contributed by atoms with E-state index in [-0.39, 0.29) is 17.8 Å². The lowest BCUT2D eigenvalue weighted by atomic mass is 10.2. The van der Waals surface area contributed by atoms with Gasteiger partial charge in [-0.15, -0.1) is 18.3 Å². The normalized spacial score (nSPS) is 11.9. The molecule has 0 aromatic heterocycles. The van der Waals surface area contributed by atoms with Crippen LogP contribution in [0.25, 0.3) is 0 Å². The van der Waals surface area contributed by atoms with Gasteiger partial charge in [-0.25, -0.2) is 0 Å². The van der Waals surface area contributed by atoms with Gasteiger partial charge < -0.3 is 10.4 Å². The summed E-state index contributed by atoms with van der Waals surface area (Å²) in [7, 11) is 0. The second-order valence-electron chi connectivity index (χ2n) is 3.96. The van der Waals surface area contributed by atoms with Crippen molar-refractivity contribution in [3.05, 3.63) is 48.0 Å². The molecule has 18 heavy (non-hydrogen) atoms. The summed E-state index contributed by atoms with van der Waals surface area (Å²) in [6.07, 6.45) is 1.67. The Balaban J connectivity index is 2.39. The molecule has 1 amide bonds. The van der Waals surface area contributed by atoms with Gasteiger partial charge in [0.05, 0.1) is 11.9 Å². The lowest BCUT2D eigenvalue weighted by Crippen LogP contribution is -2.30. The van der Waals surface area contributed by atoms with Gasteiger partial charge in [0, 0.05) is 12.3 Å². The number of amides is 1. The van der Waals surface area contributed by atoms with Crippen molar-refractivity contribution in [3.63, 3.8) is 0 Å². The molecular weight excluding hydrogens is 246 g/mol. The minimum absolute atomic E-state index is 0.0341. The van der Waals surface area contributed by atoms with Gasteiger partial charge in [-0.1, -0.05) is 30.3 Å². The minimum atomic E-state index is -0.0810. The third-order valence-electron chi connectivity index (χ3n) is 2.50. The van der Waals surface area contributed by atoms with Crippen molar-refractivity contribution in [2.75, 3.05) is 6.54 Å². The molecule has 0 aliphatic heterocycles. The monoisotopic (exact) mass is 265 g/mol. The van der Waals surface area contributed by atoms with Crippen LogP contribution in [0.2, 0.25) is 0 Å². The second kappa shape index (κ2) is 7.95. The van der Waals surface area contributed by atoms with E-state index >= 15 is 0 Å². The molecule has 0 radical (unpaired) electrons. The predicted octanol–water partition coefficient (Wildman–Crippen LogP) is 2.10. The Kier molecular flexibility index (Phi) is 6.54. The zero-order chi connectivity index (χ0) is 13.4. The van der Waals surface area contributed by atoms with E-state index in [4.69, 9.17) is 5.11 Å². The van der Waals surface area contributed by atoms with E-state index < -0.39 is 0 Å². The van der Waals surface area contributed by atoms with Gasteiger partial charge >= 0.3 is 0 Å². The van der Waals surface area contributed by atoms with Crippen LogP contribution in [0.5, 0.6) is 0 Å². The summed E-state index contributed by atoms with van der Waals surface area (Å²) < 4.78 is 0. The van der Waals surface area contributed by atoms with Crippen LogP contribution in [0.3, 0.4) is 0 Å². The number of aliphatic hydroxyl groups is 1. The van der Waals surface area contributed by atoms with Crippen molar-refractivity contribution in [2.24, 2.45) is 0 Å². The van der Waals surface area contributed by atoms with E-state index in [1.807, 2.05) is 31.2 Å². The number of rotatable bonds is 7. The fourth-order valence-electron chi connectivity index (χ4n) is 1.35. The summed E-state index contributed by atoms with van der Waals surface area (Å²) in [6, 6.07) is 7.76. The average molecular weight is 265 g/mol. The van der Waals surface area contributed by atoms with Crippen LogP contribution in [0.1, 0.15) is 18.1 Å². The maximum absolute atomic E-state index is 11.6. The summed E-state index contributed by atoms with van der Waals surface area (Å²) in [5, 5.41) is 11.6. The smallest absolute Gasteiger partial charge is 0.233 e. The molecule has 0 heterocycles. The first kappa shape index (κ1) is 14.8. The molecule has 1 aromatic rings. The Morgan fingerprint density at radius 3 is 2.61 bits per heavy atom. The van der Waals surface area contributed by atoms with E-state index in [2.05, 4.69) is 11.9 Å². The van der Waals surface area contributed by atoms with Crippen molar-refractivity contribution in [3.8, 4) is 0 Å². The fourth-order valence-corrected chi connectivity index (χ4v) is 2.22. The van der Waals surface area contributed by atoms with Crippen LogP contribution in [-0.2, 0) is 17.2 Å².